The topological polar surface area (TPSA) is 39.2 Å². The van der Waals surface area contributed by atoms with Crippen LogP contribution in [-0.2, 0) is 4.74 Å². The Kier molecular flexibility index (Phi) is 3.59. The fourth-order valence-corrected chi connectivity index (χ4v) is 1.81. The lowest BCUT2D eigenvalue weighted by Crippen LogP contribution is -2.07. The Labute approximate surface area is 104 Å². The summed E-state index contributed by atoms with van der Waals surface area (Å²) in [5.74, 6) is -0.354. The lowest BCUT2D eigenvalue weighted by Gasteiger charge is -2.07. The summed E-state index contributed by atoms with van der Waals surface area (Å²) < 4.78 is 5.10. The Hall–Kier alpha value is -1.61. The standard InChI is InChI=1S/C13H12ClNO2/c1-2-7-17-13(16)11-8-15-12(14)10-6-4-3-5-9(10)11/h3-6,8H,2,7H2,1H3. The Bertz CT molecular complexity index is 554. The largest absolute Gasteiger partial charge is 0.462 e. The number of fused-ring (bicyclic) bond motifs is 1. The van der Waals surface area contributed by atoms with Crippen molar-refractivity contribution in [3.05, 3.63) is 41.2 Å². The minimum absolute atomic E-state index is 0.354. The van der Waals surface area contributed by atoms with E-state index >= 15 is 0 Å². The van der Waals surface area contributed by atoms with Crippen LogP contribution in [0.3, 0.4) is 0 Å². The molecule has 0 N–H and O–H groups in total. The molecule has 0 fully saturated rings. The van der Waals surface area contributed by atoms with Crippen LogP contribution in [0.1, 0.15) is 23.7 Å². The maximum absolute atomic E-state index is 11.8. The average Bonchev–Trinajstić information content (AvgIpc) is 2.37. The van der Waals surface area contributed by atoms with Crippen molar-refractivity contribution < 1.29 is 9.53 Å². The van der Waals surface area contributed by atoms with Crippen LogP contribution in [0.5, 0.6) is 0 Å². The molecule has 0 spiro atoms. The maximum Gasteiger partial charge on any atom is 0.340 e. The summed E-state index contributed by atoms with van der Waals surface area (Å²) in [5.41, 5.74) is 0.457. The molecule has 0 unspecified atom stereocenters. The summed E-state index contributed by atoms with van der Waals surface area (Å²) in [6.45, 7) is 2.36. The van der Waals surface area contributed by atoms with E-state index in [2.05, 4.69) is 4.98 Å². The maximum atomic E-state index is 11.8. The number of hydrogen-bond donors (Lipinski definition) is 0. The molecule has 2 aromatic rings. The molecule has 88 valence electrons. The van der Waals surface area contributed by atoms with E-state index in [1.54, 1.807) is 0 Å². The van der Waals surface area contributed by atoms with Crippen molar-refractivity contribution in [2.24, 2.45) is 0 Å². The summed E-state index contributed by atoms with van der Waals surface area (Å²) in [7, 11) is 0. The van der Waals surface area contributed by atoms with E-state index in [0.29, 0.717) is 17.3 Å². The Balaban J connectivity index is 2.48. The van der Waals surface area contributed by atoms with Gasteiger partial charge in [0, 0.05) is 17.0 Å². The summed E-state index contributed by atoms with van der Waals surface area (Å²) in [4.78, 5) is 15.8. The van der Waals surface area contributed by atoms with Gasteiger partial charge in [-0.25, -0.2) is 9.78 Å². The van der Waals surface area contributed by atoms with Crippen LogP contribution in [0, 0.1) is 0 Å². The van der Waals surface area contributed by atoms with Gasteiger partial charge < -0.3 is 4.74 Å². The second-order valence-corrected chi connectivity index (χ2v) is 4.00. The first-order valence-corrected chi connectivity index (χ1v) is 5.82. The van der Waals surface area contributed by atoms with Crippen LogP contribution in [0.25, 0.3) is 10.8 Å². The number of ether oxygens (including phenoxy) is 1. The molecule has 0 saturated heterocycles. The summed E-state index contributed by atoms with van der Waals surface area (Å²) >= 11 is 5.97. The number of hydrogen-bond acceptors (Lipinski definition) is 3. The predicted octanol–water partition coefficient (Wildman–Crippen LogP) is 3.46. The molecule has 0 amide bonds. The second kappa shape index (κ2) is 5.15. The molecule has 0 radical (unpaired) electrons. The number of aromatic nitrogens is 1. The number of rotatable bonds is 3. The normalized spacial score (nSPS) is 10.5. The van der Waals surface area contributed by atoms with E-state index in [0.717, 1.165) is 17.2 Å². The summed E-state index contributed by atoms with van der Waals surface area (Å²) in [6, 6.07) is 7.39. The SMILES string of the molecule is CCCOC(=O)c1cnc(Cl)c2ccccc12. The molecule has 0 bridgehead atoms. The van der Waals surface area contributed by atoms with E-state index in [1.165, 1.54) is 6.20 Å². The van der Waals surface area contributed by atoms with E-state index in [-0.39, 0.29) is 5.97 Å². The van der Waals surface area contributed by atoms with Gasteiger partial charge in [-0.3, -0.25) is 0 Å². The third-order valence-corrected chi connectivity index (χ3v) is 2.70. The lowest BCUT2D eigenvalue weighted by atomic mass is 10.1. The van der Waals surface area contributed by atoms with Gasteiger partial charge in [0.2, 0.25) is 0 Å². The van der Waals surface area contributed by atoms with Crippen LogP contribution in [-0.4, -0.2) is 17.6 Å². The number of carbonyl (C=O) groups is 1. The highest BCUT2D eigenvalue weighted by atomic mass is 35.5. The molecule has 0 aliphatic carbocycles. The number of halogens is 1. The fraction of sp³-hybridized carbons (Fsp3) is 0.231. The van der Waals surface area contributed by atoms with Crippen molar-refractivity contribution in [2.45, 2.75) is 13.3 Å². The zero-order valence-corrected chi connectivity index (χ0v) is 10.2. The number of esters is 1. The third-order valence-electron chi connectivity index (χ3n) is 2.40. The Morgan fingerprint density at radius 1 is 1.35 bits per heavy atom. The minimum atomic E-state index is -0.354. The van der Waals surface area contributed by atoms with E-state index in [4.69, 9.17) is 16.3 Å². The van der Waals surface area contributed by atoms with Gasteiger partial charge in [0.15, 0.2) is 0 Å². The van der Waals surface area contributed by atoms with E-state index < -0.39 is 0 Å². The van der Waals surface area contributed by atoms with E-state index in [1.807, 2.05) is 31.2 Å². The highest BCUT2D eigenvalue weighted by Crippen LogP contribution is 2.24. The summed E-state index contributed by atoms with van der Waals surface area (Å²) in [6.07, 6.45) is 2.26. The highest BCUT2D eigenvalue weighted by molar-refractivity contribution is 6.34. The van der Waals surface area contributed by atoms with Crippen molar-refractivity contribution in [3.8, 4) is 0 Å². The monoisotopic (exact) mass is 249 g/mol. The predicted molar refractivity (Wildman–Crippen MR) is 67.3 cm³/mol. The van der Waals surface area contributed by atoms with Gasteiger partial charge in [-0.1, -0.05) is 42.8 Å². The van der Waals surface area contributed by atoms with Crippen LogP contribution in [0.4, 0.5) is 0 Å². The fourth-order valence-electron chi connectivity index (χ4n) is 1.59. The van der Waals surface area contributed by atoms with Gasteiger partial charge in [0.05, 0.1) is 12.2 Å². The molecule has 0 aliphatic rings. The Morgan fingerprint density at radius 2 is 2.06 bits per heavy atom. The quantitative estimate of drug-likeness (QED) is 0.618. The van der Waals surface area contributed by atoms with E-state index in [9.17, 15) is 4.79 Å². The van der Waals surface area contributed by atoms with Gasteiger partial charge in [-0.15, -0.1) is 0 Å². The van der Waals surface area contributed by atoms with Crippen molar-refractivity contribution in [1.82, 2.24) is 4.98 Å². The van der Waals surface area contributed by atoms with Gasteiger partial charge in [0.25, 0.3) is 0 Å². The number of nitrogens with zero attached hydrogens (tertiary/aromatic N) is 1. The van der Waals surface area contributed by atoms with Crippen molar-refractivity contribution >= 4 is 28.3 Å². The molecule has 1 aromatic heterocycles. The van der Waals surface area contributed by atoms with Crippen LogP contribution < -0.4 is 0 Å². The molecular weight excluding hydrogens is 238 g/mol. The molecule has 4 heteroatoms. The number of benzene rings is 1. The smallest absolute Gasteiger partial charge is 0.340 e. The first-order chi connectivity index (χ1) is 8.24. The minimum Gasteiger partial charge on any atom is -0.462 e. The van der Waals surface area contributed by atoms with Crippen molar-refractivity contribution in [3.63, 3.8) is 0 Å². The van der Waals surface area contributed by atoms with Crippen LogP contribution in [0.2, 0.25) is 5.15 Å². The summed E-state index contributed by atoms with van der Waals surface area (Å²) in [5, 5.41) is 1.93. The molecular formula is C13H12ClNO2. The molecule has 0 atom stereocenters. The first-order valence-electron chi connectivity index (χ1n) is 5.44. The van der Waals surface area contributed by atoms with Crippen molar-refractivity contribution in [2.75, 3.05) is 6.61 Å². The molecule has 17 heavy (non-hydrogen) atoms. The lowest BCUT2D eigenvalue weighted by molar-refractivity contribution is 0.0507. The van der Waals surface area contributed by atoms with Crippen molar-refractivity contribution in [1.29, 1.82) is 0 Å². The van der Waals surface area contributed by atoms with Crippen LogP contribution >= 0.6 is 11.6 Å². The molecule has 3 nitrogen and oxygen atoms in total. The zero-order valence-electron chi connectivity index (χ0n) is 9.44. The number of carbonyl (C=O) groups excluding carboxylic acids is 1. The third kappa shape index (κ3) is 2.39. The first kappa shape index (κ1) is 11.9. The molecule has 2 rings (SSSR count). The molecule has 0 aliphatic heterocycles. The number of pyridine rings is 1. The van der Waals surface area contributed by atoms with Gasteiger partial charge >= 0.3 is 5.97 Å². The van der Waals surface area contributed by atoms with Gasteiger partial charge in [0.1, 0.15) is 5.15 Å². The van der Waals surface area contributed by atoms with Gasteiger partial charge in [-0.05, 0) is 6.42 Å². The molecule has 0 saturated carbocycles. The molecule has 1 aromatic carbocycles. The Morgan fingerprint density at radius 3 is 2.76 bits per heavy atom. The molecule has 1 heterocycles. The average molecular weight is 250 g/mol. The van der Waals surface area contributed by atoms with Gasteiger partial charge in [-0.2, -0.15) is 0 Å². The van der Waals surface area contributed by atoms with Crippen LogP contribution in [0.15, 0.2) is 30.5 Å². The zero-order chi connectivity index (χ0) is 12.3. The second-order valence-electron chi connectivity index (χ2n) is 3.64. The highest BCUT2D eigenvalue weighted by Gasteiger charge is 2.13.